The molecule has 2 heterocycles. The quantitative estimate of drug-likeness (QED) is 0.782. The summed E-state index contributed by atoms with van der Waals surface area (Å²) in [7, 11) is 0. The summed E-state index contributed by atoms with van der Waals surface area (Å²) in [4.78, 5) is 14.0. The summed E-state index contributed by atoms with van der Waals surface area (Å²) >= 11 is 3.46. The van der Waals surface area contributed by atoms with Crippen LogP contribution in [0.2, 0.25) is 0 Å². The molecule has 0 radical (unpaired) electrons. The van der Waals surface area contributed by atoms with Gasteiger partial charge in [0.25, 0.3) is 0 Å². The standard InChI is InChI=1S/C11H11BrN2O/c12-7-3-4-8-10(6-7)14-5-1-2-9(14)11(15)13-8/h3-4,6,9H,1-2,5H2,(H,13,15)/t9-/m0/s1. The van der Waals surface area contributed by atoms with E-state index in [-0.39, 0.29) is 11.9 Å². The van der Waals surface area contributed by atoms with Gasteiger partial charge in [-0.3, -0.25) is 4.79 Å². The van der Waals surface area contributed by atoms with Gasteiger partial charge in [-0.05, 0) is 31.0 Å². The van der Waals surface area contributed by atoms with Crippen LogP contribution in [-0.4, -0.2) is 18.5 Å². The van der Waals surface area contributed by atoms with Gasteiger partial charge in [-0.25, -0.2) is 0 Å². The molecule has 3 nitrogen and oxygen atoms in total. The van der Waals surface area contributed by atoms with Crippen LogP contribution < -0.4 is 10.2 Å². The number of rotatable bonds is 0. The molecule has 1 aromatic carbocycles. The Morgan fingerprint density at radius 3 is 3.20 bits per heavy atom. The molecule has 0 aliphatic carbocycles. The molecular formula is C11H11BrN2O. The van der Waals surface area contributed by atoms with E-state index in [4.69, 9.17) is 0 Å². The van der Waals surface area contributed by atoms with Crippen molar-refractivity contribution in [1.29, 1.82) is 0 Å². The lowest BCUT2D eigenvalue weighted by molar-refractivity contribution is -0.117. The van der Waals surface area contributed by atoms with Gasteiger partial charge in [0.2, 0.25) is 5.91 Å². The van der Waals surface area contributed by atoms with Crippen LogP contribution in [0.1, 0.15) is 12.8 Å². The first-order valence-corrected chi connectivity index (χ1v) is 5.92. The summed E-state index contributed by atoms with van der Waals surface area (Å²) in [5, 5.41) is 2.96. The second-order valence-electron chi connectivity index (χ2n) is 4.00. The molecule has 1 fully saturated rings. The number of benzene rings is 1. The lowest BCUT2D eigenvalue weighted by Gasteiger charge is -2.33. The summed E-state index contributed by atoms with van der Waals surface area (Å²) < 4.78 is 1.06. The molecule has 78 valence electrons. The number of hydrogen-bond acceptors (Lipinski definition) is 2. The number of nitrogens with zero attached hydrogens (tertiary/aromatic N) is 1. The molecular weight excluding hydrogens is 256 g/mol. The van der Waals surface area contributed by atoms with Gasteiger partial charge in [0.1, 0.15) is 6.04 Å². The number of hydrogen-bond donors (Lipinski definition) is 1. The minimum atomic E-state index is 0.0480. The Balaban J connectivity index is 2.12. The lowest BCUT2D eigenvalue weighted by Crippen LogP contribution is -2.43. The molecule has 1 aromatic rings. The van der Waals surface area contributed by atoms with Crippen molar-refractivity contribution in [3.05, 3.63) is 22.7 Å². The Morgan fingerprint density at radius 1 is 1.47 bits per heavy atom. The molecule has 2 aliphatic rings. The lowest BCUT2D eigenvalue weighted by atomic mass is 10.1. The van der Waals surface area contributed by atoms with Crippen molar-refractivity contribution in [3.63, 3.8) is 0 Å². The van der Waals surface area contributed by atoms with Crippen LogP contribution in [0, 0.1) is 0 Å². The molecule has 1 atom stereocenters. The first-order valence-electron chi connectivity index (χ1n) is 5.13. The molecule has 0 saturated carbocycles. The van der Waals surface area contributed by atoms with Crippen LogP contribution in [0.5, 0.6) is 0 Å². The molecule has 1 N–H and O–H groups in total. The van der Waals surface area contributed by atoms with Crippen LogP contribution in [0.25, 0.3) is 0 Å². The van der Waals surface area contributed by atoms with E-state index in [1.54, 1.807) is 0 Å². The number of amides is 1. The minimum absolute atomic E-state index is 0.0480. The maximum Gasteiger partial charge on any atom is 0.247 e. The molecule has 0 bridgehead atoms. The second kappa shape index (κ2) is 3.23. The fraction of sp³-hybridized carbons (Fsp3) is 0.364. The average Bonchev–Trinajstić information content (AvgIpc) is 2.69. The van der Waals surface area contributed by atoms with Gasteiger partial charge in [-0.2, -0.15) is 0 Å². The predicted octanol–water partition coefficient (Wildman–Crippen LogP) is 2.37. The molecule has 0 spiro atoms. The van der Waals surface area contributed by atoms with Gasteiger partial charge in [-0.15, -0.1) is 0 Å². The third kappa shape index (κ3) is 1.35. The van der Waals surface area contributed by atoms with Gasteiger partial charge in [0.15, 0.2) is 0 Å². The number of anilines is 2. The molecule has 4 heteroatoms. The van der Waals surface area contributed by atoms with E-state index in [2.05, 4.69) is 32.2 Å². The second-order valence-corrected chi connectivity index (χ2v) is 4.92. The predicted molar refractivity (Wildman–Crippen MR) is 63.1 cm³/mol. The maximum absolute atomic E-state index is 11.8. The zero-order chi connectivity index (χ0) is 10.4. The average molecular weight is 267 g/mol. The maximum atomic E-state index is 11.8. The monoisotopic (exact) mass is 266 g/mol. The fourth-order valence-electron chi connectivity index (χ4n) is 2.39. The van der Waals surface area contributed by atoms with Gasteiger partial charge in [0, 0.05) is 11.0 Å². The summed E-state index contributed by atoms with van der Waals surface area (Å²) in [5.74, 6) is 0.141. The van der Waals surface area contributed by atoms with Crippen LogP contribution in [-0.2, 0) is 4.79 Å². The van der Waals surface area contributed by atoms with E-state index in [0.29, 0.717) is 0 Å². The third-order valence-corrected chi connectivity index (χ3v) is 3.58. The number of carbonyl (C=O) groups excluding carboxylic acids is 1. The summed E-state index contributed by atoms with van der Waals surface area (Å²) in [5.41, 5.74) is 2.08. The smallest absolute Gasteiger partial charge is 0.247 e. The highest BCUT2D eigenvalue weighted by molar-refractivity contribution is 9.10. The van der Waals surface area contributed by atoms with Crippen LogP contribution in [0.4, 0.5) is 11.4 Å². The summed E-state index contributed by atoms with van der Waals surface area (Å²) in [6.45, 7) is 0.988. The van der Waals surface area contributed by atoms with Crippen LogP contribution in [0.3, 0.4) is 0 Å². The van der Waals surface area contributed by atoms with E-state index < -0.39 is 0 Å². The molecule has 0 aromatic heterocycles. The molecule has 15 heavy (non-hydrogen) atoms. The highest BCUT2D eigenvalue weighted by Gasteiger charge is 2.36. The number of carbonyl (C=O) groups is 1. The van der Waals surface area contributed by atoms with Crippen molar-refractivity contribution >= 4 is 33.2 Å². The molecule has 0 unspecified atom stereocenters. The molecule has 1 amide bonds. The first kappa shape index (κ1) is 9.21. The van der Waals surface area contributed by atoms with Crippen molar-refractivity contribution in [2.24, 2.45) is 0 Å². The van der Waals surface area contributed by atoms with Crippen molar-refractivity contribution in [2.45, 2.75) is 18.9 Å². The van der Waals surface area contributed by atoms with Gasteiger partial charge < -0.3 is 10.2 Å². The normalized spacial score (nSPS) is 23.4. The number of nitrogens with one attached hydrogen (secondary N) is 1. The van der Waals surface area contributed by atoms with E-state index in [1.165, 1.54) is 0 Å². The Labute approximate surface area is 96.6 Å². The van der Waals surface area contributed by atoms with Crippen molar-refractivity contribution in [2.75, 3.05) is 16.8 Å². The largest absolute Gasteiger partial charge is 0.358 e. The number of halogens is 1. The Bertz CT molecular complexity index is 433. The summed E-state index contributed by atoms with van der Waals surface area (Å²) in [6, 6.07) is 6.03. The van der Waals surface area contributed by atoms with Gasteiger partial charge in [0.05, 0.1) is 11.4 Å². The summed E-state index contributed by atoms with van der Waals surface area (Å²) in [6.07, 6.45) is 2.07. The van der Waals surface area contributed by atoms with E-state index in [9.17, 15) is 4.79 Å². The van der Waals surface area contributed by atoms with Crippen molar-refractivity contribution in [1.82, 2.24) is 0 Å². The van der Waals surface area contributed by atoms with Crippen molar-refractivity contribution in [3.8, 4) is 0 Å². The Morgan fingerprint density at radius 2 is 2.33 bits per heavy atom. The molecule has 3 rings (SSSR count). The first-order chi connectivity index (χ1) is 7.25. The minimum Gasteiger partial charge on any atom is -0.358 e. The van der Waals surface area contributed by atoms with E-state index in [0.717, 1.165) is 35.2 Å². The van der Waals surface area contributed by atoms with Gasteiger partial charge in [-0.1, -0.05) is 15.9 Å². The highest BCUT2D eigenvalue weighted by atomic mass is 79.9. The SMILES string of the molecule is O=C1Nc2ccc(Br)cc2N2CCC[C@@H]12. The number of fused-ring (bicyclic) bond motifs is 3. The van der Waals surface area contributed by atoms with E-state index >= 15 is 0 Å². The zero-order valence-corrected chi connectivity index (χ0v) is 9.75. The Hall–Kier alpha value is -1.03. The van der Waals surface area contributed by atoms with Crippen LogP contribution in [0.15, 0.2) is 22.7 Å². The molecule has 2 aliphatic heterocycles. The van der Waals surface area contributed by atoms with Gasteiger partial charge >= 0.3 is 0 Å². The molecule has 1 saturated heterocycles. The highest BCUT2D eigenvalue weighted by Crippen LogP contribution is 2.38. The van der Waals surface area contributed by atoms with Crippen LogP contribution >= 0.6 is 15.9 Å². The van der Waals surface area contributed by atoms with Crippen molar-refractivity contribution < 1.29 is 4.79 Å². The van der Waals surface area contributed by atoms with E-state index in [1.807, 2.05) is 12.1 Å². The zero-order valence-electron chi connectivity index (χ0n) is 8.16. The Kier molecular flexibility index (Phi) is 1.99. The third-order valence-electron chi connectivity index (χ3n) is 3.08. The topological polar surface area (TPSA) is 32.3 Å². The fourth-order valence-corrected chi connectivity index (χ4v) is 2.74.